The topological polar surface area (TPSA) is 55.4 Å². The largest absolute Gasteiger partial charge is 0.497 e. The number of hydrogen-bond donors (Lipinski definition) is 0. The van der Waals surface area contributed by atoms with Gasteiger partial charge in [0.1, 0.15) is 5.75 Å². The Balaban J connectivity index is 1.78. The average Bonchev–Trinajstić information content (AvgIpc) is 2.93. The first-order chi connectivity index (χ1) is 20.3. The van der Waals surface area contributed by atoms with Gasteiger partial charge in [-0.2, -0.15) is 0 Å². The lowest BCUT2D eigenvalue weighted by Gasteiger charge is -2.44. The summed E-state index contributed by atoms with van der Waals surface area (Å²) in [5.74, 6) is 1.45. The van der Waals surface area contributed by atoms with Crippen LogP contribution >= 0.6 is 0 Å². The Morgan fingerprint density at radius 3 is 2.05 bits per heavy atom. The van der Waals surface area contributed by atoms with Crippen LogP contribution in [0.5, 0.6) is 5.75 Å². The van der Waals surface area contributed by atoms with Gasteiger partial charge in [-0.15, -0.1) is 0 Å². The van der Waals surface area contributed by atoms with Gasteiger partial charge in [-0.3, -0.25) is 0 Å². The average molecular weight is 649 g/mol. The van der Waals surface area contributed by atoms with Crippen LogP contribution in [0.2, 0.25) is 36.3 Å². The van der Waals surface area contributed by atoms with Gasteiger partial charge in [0.25, 0.3) is 0 Å². The molecule has 0 spiro atoms. The summed E-state index contributed by atoms with van der Waals surface area (Å²) in [6, 6.07) is 8.04. The SMILES string of the molecule is COc1ccc([C@H]2O[C@@H](CCO[Si](C)(C)C(C)(C)C)[C@@H](C)[C@@H](/C(C)=C/[C@@H]3CC[C@@H](O[Si](C)(C)C(C)(C)C)[C@H](OC)C3)O2)cc1. The Hall–Kier alpha value is -1.01. The molecular weight excluding hydrogens is 585 g/mol. The highest BCUT2D eigenvalue weighted by Crippen LogP contribution is 2.43. The number of hydrogen-bond acceptors (Lipinski definition) is 6. The smallest absolute Gasteiger partial charge is 0.192 e. The fourth-order valence-electron chi connectivity index (χ4n) is 5.87. The van der Waals surface area contributed by atoms with Crippen molar-refractivity contribution >= 4 is 16.6 Å². The molecule has 44 heavy (non-hydrogen) atoms. The third-order valence-corrected chi connectivity index (χ3v) is 20.0. The summed E-state index contributed by atoms with van der Waals surface area (Å²) in [6.45, 7) is 28.3. The first-order valence-electron chi connectivity index (χ1n) is 16.8. The molecule has 0 bridgehead atoms. The molecule has 0 amide bonds. The van der Waals surface area contributed by atoms with E-state index in [1.165, 1.54) is 5.57 Å². The summed E-state index contributed by atoms with van der Waals surface area (Å²) in [6.07, 6.45) is 6.18. The summed E-state index contributed by atoms with van der Waals surface area (Å²) in [4.78, 5) is 0. The fourth-order valence-corrected chi connectivity index (χ4v) is 8.31. The molecule has 1 heterocycles. The van der Waals surface area contributed by atoms with E-state index < -0.39 is 22.9 Å². The molecule has 3 rings (SSSR count). The van der Waals surface area contributed by atoms with Gasteiger partial charge in [-0.05, 0) is 92.5 Å². The molecule has 0 aromatic heterocycles. The Labute approximate surface area is 271 Å². The van der Waals surface area contributed by atoms with Crippen molar-refractivity contribution in [1.82, 2.24) is 0 Å². The van der Waals surface area contributed by atoms with E-state index >= 15 is 0 Å². The number of allylic oxidation sites excluding steroid dienone is 1. The number of rotatable bonds is 11. The molecule has 6 nitrogen and oxygen atoms in total. The van der Waals surface area contributed by atoms with Crippen molar-refractivity contribution in [2.24, 2.45) is 11.8 Å². The van der Waals surface area contributed by atoms with Gasteiger partial charge in [0, 0.05) is 25.2 Å². The Morgan fingerprint density at radius 2 is 1.50 bits per heavy atom. The van der Waals surface area contributed by atoms with E-state index in [4.69, 9.17) is 27.8 Å². The highest BCUT2D eigenvalue weighted by Gasteiger charge is 2.43. The summed E-state index contributed by atoms with van der Waals surface area (Å²) in [5.41, 5.74) is 2.28. The molecule has 1 aliphatic carbocycles. The Bertz CT molecular complexity index is 1070. The second-order valence-electron chi connectivity index (χ2n) is 16.3. The van der Waals surface area contributed by atoms with Crippen LogP contribution in [0.4, 0.5) is 0 Å². The molecule has 252 valence electrons. The maximum absolute atomic E-state index is 6.84. The summed E-state index contributed by atoms with van der Waals surface area (Å²) in [5, 5.41) is 0.360. The fraction of sp³-hybridized carbons (Fsp3) is 0.778. The second-order valence-corrected chi connectivity index (χ2v) is 25.8. The molecule has 2 fully saturated rings. The molecule has 1 aliphatic heterocycles. The third-order valence-electron chi connectivity index (χ3n) is 11.0. The Kier molecular flexibility index (Phi) is 12.6. The van der Waals surface area contributed by atoms with Crippen molar-refractivity contribution < 1.29 is 27.8 Å². The molecule has 1 aromatic rings. The molecule has 1 saturated heterocycles. The molecule has 1 aromatic carbocycles. The first kappa shape index (κ1) is 37.5. The van der Waals surface area contributed by atoms with E-state index in [-0.39, 0.29) is 40.4 Å². The second kappa shape index (κ2) is 14.8. The van der Waals surface area contributed by atoms with Gasteiger partial charge >= 0.3 is 0 Å². The van der Waals surface area contributed by atoms with Gasteiger partial charge in [0.2, 0.25) is 0 Å². The number of benzene rings is 1. The van der Waals surface area contributed by atoms with Gasteiger partial charge in [0.05, 0.1) is 31.5 Å². The quantitative estimate of drug-likeness (QED) is 0.176. The lowest BCUT2D eigenvalue weighted by molar-refractivity contribution is -0.264. The first-order valence-corrected chi connectivity index (χ1v) is 22.6. The van der Waals surface area contributed by atoms with Crippen molar-refractivity contribution in [3.05, 3.63) is 41.5 Å². The van der Waals surface area contributed by atoms with E-state index in [0.717, 1.165) is 37.0 Å². The zero-order chi connectivity index (χ0) is 33.1. The van der Waals surface area contributed by atoms with Crippen LogP contribution in [0.25, 0.3) is 0 Å². The minimum Gasteiger partial charge on any atom is -0.497 e. The van der Waals surface area contributed by atoms with E-state index in [1.54, 1.807) is 7.11 Å². The van der Waals surface area contributed by atoms with Gasteiger partial charge in [0.15, 0.2) is 22.9 Å². The zero-order valence-corrected chi connectivity index (χ0v) is 32.4. The van der Waals surface area contributed by atoms with Crippen LogP contribution in [0, 0.1) is 11.8 Å². The molecule has 0 N–H and O–H groups in total. The highest BCUT2D eigenvalue weighted by molar-refractivity contribution is 6.74. The van der Waals surface area contributed by atoms with E-state index in [2.05, 4.69) is 87.7 Å². The molecule has 0 radical (unpaired) electrons. The summed E-state index contributed by atoms with van der Waals surface area (Å²) in [7, 11) is -0.190. The van der Waals surface area contributed by atoms with Crippen LogP contribution in [0.1, 0.15) is 92.9 Å². The van der Waals surface area contributed by atoms with Crippen molar-refractivity contribution in [2.45, 2.75) is 148 Å². The van der Waals surface area contributed by atoms with E-state index in [9.17, 15) is 0 Å². The predicted molar refractivity (Wildman–Crippen MR) is 186 cm³/mol. The molecule has 7 atom stereocenters. The minimum absolute atomic E-state index is 0.0226. The monoisotopic (exact) mass is 648 g/mol. The van der Waals surface area contributed by atoms with Crippen LogP contribution in [-0.4, -0.2) is 61.9 Å². The van der Waals surface area contributed by atoms with Gasteiger partial charge in [-0.1, -0.05) is 66.7 Å². The minimum atomic E-state index is -1.87. The van der Waals surface area contributed by atoms with Crippen molar-refractivity contribution in [1.29, 1.82) is 0 Å². The van der Waals surface area contributed by atoms with Crippen molar-refractivity contribution in [3.63, 3.8) is 0 Å². The molecule has 0 unspecified atom stereocenters. The highest BCUT2D eigenvalue weighted by atomic mass is 28.4. The maximum Gasteiger partial charge on any atom is 0.192 e. The molecule has 1 saturated carbocycles. The van der Waals surface area contributed by atoms with Crippen LogP contribution in [0.3, 0.4) is 0 Å². The van der Waals surface area contributed by atoms with Crippen molar-refractivity contribution in [3.8, 4) is 5.75 Å². The molecule has 2 aliphatic rings. The summed E-state index contributed by atoms with van der Waals surface area (Å²) < 4.78 is 38.3. The van der Waals surface area contributed by atoms with E-state index in [1.807, 2.05) is 31.4 Å². The van der Waals surface area contributed by atoms with E-state index in [0.29, 0.717) is 12.5 Å². The van der Waals surface area contributed by atoms with Crippen LogP contribution in [-0.2, 0) is 23.1 Å². The van der Waals surface area contributed by atoms with Gasteiger partial charge < -0.3 is 27.8 Å². The van der Waals surface area contributed by atoms with Crippen LogP contribution < -0.4 is 4.74 Å². The normalized spacial score (nSPS) is 29.5. The lowest BCUT2D eigenvalue weighted by Crippen LogP contribution is -2.49. The maximum atomic E-state index is 6.84. The lowest BCUT2D eigenvalue weighted by atomic mass is 9.82. The van der Waals surface area contributed by atoms with Crippen molar-refractivity contribution in [2.75, 3.05) is 20.8 Å². The number of methoxy groups -OCH3 is 2. The van der Waals surface area contributed by atoms with Gasteiger partial charge in [-0.25, -0.2) is 0 Å². The summed E-state index contributed by atoms with van der Waals surface area (Å²) >= 11 is 0. The standard InChI is InChI=1S/C36H64O6Si2/c1-25(23-27-15-20-31(32(24-27)38-10)42-44(13,14)36(6,7)8)33-26(2)30(21-22-39-43(11,12)35(3,4)5)40-34(41-33)28-16-18-29(37-9)19-17-28/h16-19,23,26-27,30-34H,15,20-22,24H2,1-14H3/b25-23+/t26-,27+,30+,31-,32-,33-,34+/m1/s1. The predicted octanol–water partition coefficient (Wildman–Crippen LogP) is 9.68. The molecule has 8 heteroatoms. The third kappa shape index (κ3) is 9.29. The molecular formula is C36H64O6Si2. The van der Waals surface area contributed by atoms with Crippen LogP contribution in [0.15, 0.2) is 35.9 Å². The zero-order valence-electron chi connectivity index (χ0n) is 30.4. The Morgan fingerprint density at radius 1 is 0.886 bits per heavy atom. The number of ether oxygens (including phenoxy) is 4.